The van der Waals surface area contributed by atoms with Crippen LogP contribution in [0.3, 0.4) is 0 Å². The molecule has 0 spiro atoms. The van der Waals surface area contributed by atoms with E-state index >= 15 is 0 Å². The third kappa shape index (κ3) is 2.25. The first kappa shape index (κ1) is 10.6. The summed E-state index contributed by atoms with van der Waals surface area (Å²) in [5.74, 6) is 0. The molecule has 0 aromatic heterocycles. The van der Waals surface area contributed by atoms with Gasteiger partial charge in [-0.25, -0.2) is 0 Å². The average molecular weight is 198 g/mol. The van der Waals surface area contributed by atoms with Gasteiger partial charge < -0.3 is 0 Å². The Kier molecular flexibility index (Phi) is 3.79. The summed E-state index contributed by atoms with van der Waals surface area (Å²) in [5.41, 5.74) is 3.49. The van der Waals surface area contributed by atoms with E-state index in [1.807, 2.05) is 6.92 Å². The number of rotatable bonds is 3. The van der Waals surface area contributed by atoms with Gasteiger partial charge in [-0.15, -0.1) is 0 Å². The van der Waals surface area contributed by atoms with Crippen molar-refractivity contribution in [1.82, 2.24) is 0 Å². The summed E-state index contributed by atoms with van der Waals surface area (Å²) in [6.45, 7) is 6.16. The summed E-state index contributed by atoms with van der Waals surface area (Å²) in [7, 11) is 0. The zero-order valence-electron chi connectivity index (χ0n) is 8.36. The lowest BCUT2D eigenvalue weighted by atomic mass is 10.0. The molecule has 0 amide bonds. The molecule has 0 radical (unpaired) electrons. The third-order valence-electron chi connectivity index (χ3n) is 2.28. The Balaban J connectivity index is 3.20. The van der Waals surface area contributed by atoms with Gasteiger partial charge >= 0.3 is 0 Å². The molecule has 0 nitrogen and oxygen atoms in total. The van der Waals surface area contributed by atoms with Crippen molar-refractivity contribution in [3.05, 3.63) is 28.8 Å². The van der Waals surface area contributed by atoms with Gasteiger partial charge in [-0.05, 0) is 36.5 Å². The van der Waals surface area contributed by atoms with Crippen molar-refractivity contribution in [2.24, 2.45) is 0 Å². The SMILES string of the molecule is CCc1cc(C)c(SF)c(CC)c1. The van der Waals surface area contributed by atoms with Gasteiger partial charge in [-0.2, -0.15) is 3.89 Å². The highest BCUT2D eigenvalue weighted by atomic mass is 32.2. The minimum atomic E-state index is 0.366. The molecule has 0 aliphatic carbocycles. The Labute approximate surface area is 83.8 Å². The summed E-state index contributed by atoms with van der Waals surface area (Å²) in [6.07, 6.45) is 1.92. The van der Waals surface area contributed by atoms with E-state index in [0.29, 0.717) is 12.1 Å². The molecule has 2 heteroatoms. The number of halogens is 1. The number of hydrogen-bond donors (Lipinski definition) is 0. The fourth-order valence-corrected chi connectivity index (χ4v) is 1.99. The summed E-state index contributed by atoms with van der Waals surface area (Å²) in [5, 5.41) is 0. The van der Waals surface area contributed by atoms with Crippen molar-refractivity contribution >= 4 is 12.1 Å². The molecule has 1 aromatic carbocycles. The molecule has 0 N–H and O–H groups in total. The van der Waals surface area contributed by atoms with Crippen LogP contribution >= 0.6 is 12.1 Å². The average Bonchev–Trinajstić information content (AvgIpc) is 2.16. The highest BCUT2D eigenvalue weighted by molar-refractivity contribution is 7.94. The topological polar surface area (TPSA) is 0 Å². The molecule has 72 valence electrons. The molecule has 1 rings (SSSR count). The smallest absolute Gasteiger partial charge is 0.0817 e. The second-order valence-corrected chi connectivity index (χ2v) is 3.75. The lowest BCUT2D eigenvalue weighted by molar-refractivity contribution is 0.919. The lowest BCUT2D eigenvalue weighted by Crippen LogP contribution is -1.92. The van der Waals surface area contributed by atoms with Gasteiger partial charge in [0.2, 0.25) is 0 Å². The third-order valence-corrected chi connectivity index (χ3v) is 3.02. The predicted octanol–water partition coefficient (Wildman–Crippen LogP) is 4.10. The standard InChI is InChI=1S/C11H15FS/c1-4-9-6-8(3)11(13-12)10(5-2)7-9/h6-7H,4-5H2,1-3H3. The van der Waals surface area contributed by atoms with Crippen LogP contribution in [-0.4, -0.2) is 0 Å². The van der Waals surface area contributed by atoms with Crippen LogP contribution in [0.25, 0.3) is 0 Å². The maximum absolute atomic E-state index is 12.6. The molecule has 0 saturated heterocycles. The molecule has 0 atom stereocenters. The van der Waals surface area contributed by atoms with Crippen LogP contribution in [0, 0.1) is 6.92 Å². The summed E-state index contributed by atoms with van der Waals surface area (Å²) < 4.78 is 12.6. The van der Waals surface area contributed by atoms with Gasteiger partial charge in [0.15, 0.2) is 0 Å². The van der Waals surface area contributed by atoms with E-state index in [2.05, 4.69) is 26.0 Å². The Morgan fingerprint density at radius 2 is 1.92 bits per heavy atom. The van der Waals surface area contributed by atoms with Crippen LogP contribution in [0.4, 0.5) is 3.89 Å². The van der Waals surface area contributed by atoms with Crippen LogP contribution in [0.1, 0.15) is 30.5 Å². The van der Waals surface area contributed by atoms with Crippen molar-refractivity contribution in [3.8, 4) is 0 Å². The minimum absolute atomic E-state index is 0.366. The first-order valence-electron chi connectivity index (χ1n) is 4.63. The van der Waals surface area contributed by atoms with Crippen LogP contribution in [0.2, 0.25) is 0 Å². The van der Waals surface area contributed by atoms with Gasteiger partial charge in [-0.1, -0.05) is 26.0 Å². The van der Waals surface area contributed by atoms with Gasteiger partial charge in [0, 0.05) is 4.90 Å². The maximum Gasteiger partial charge on any atom is 0.0817 e. The van der Waals surface area contributed by atoms with Crippen molar-refractivity contribution < 1.29 is 3.89 Å². The van der Waals surface area contributed by atoms with E-state index in [4.69, 9.17) is 0 Å². The van der Waals surface area contributed by atoms with E-state index in [1.54, 1.807) is 0 Å². The van der Waals surface area contributed by atoms with Crippen molar-refractivity contribution in [2.75, 3.05) is 0 Å². The van der Waals surface area contributed by atoms with Gasteiger partial charge in [0.05, 0.1) is 12.1 Å². The van der Waals surface area contributed by atoms with Crippen molar-refractivity contribution in [3.63, 3.8) is 0 Å². The Morgan fingerprint density at radius 1 is 1.23 bits per heavy atom. The van der Waals surface area contributed by atoms with Crippen molar-refractivity contribution in [2.45, 2.75) is 38.5 Å². The second-order valence-electron chi connectivity index (χ2n) is 3.19. The van der Waals surface area contributed by atoms with Gasteiger partial charge in [0.1, 0.15) is 0 Å². The Morgan fingerprint density at radius 3 is 2.38 bits per heavy atom. The number of aryl methyl sites for hydroxylation is 3. The molecular formula is C11H15FS. The highest BCUT2D eigenvalue weighted by Crippen LogP contribution is 2.29. The quantitative estimate of drug-likeness (QED) is 0.704. The minimum Gasteiger partial charge on any atom is -0.160 e. The van der Waals surface area contributed by atoms with Crippen LogP contribution in [0.15, 0.2) is 17.0 Å². The van der Waals surface area contributed by atoms with Crippen molar-refractivity contribution in [1.29, 1.82) is 0 Å². The van der Waals surface area contributed by atoms with E-state index in [0.717, 1.165) is 28.9 Å². The zero-order chi connectivity index (χ0) is 9.84. The van der Waals surface area contributed by atoms with Crippen LogP contribution in [-0.2, 0) is 12.8 Å². The first-order chi connectivity index (χ1) is 6.22. The fourth-order valence-electron chi connectivity index (χ4n) is 1.51. The van der Waals surface area contributed by atoms with E-state index in [-0.39, 0.29) is 0 Å². The molecule has 1 aromatic rings. The van der Waals surface area contributed by atoms with Crippen LogP contribution < -0.4 is 0 Å². The van der Waals surface area contributed by atoms with Gasteiger partial charge in [-0.3, -0.25) is 0 Å². The second kappa shape index (κ2) is 4.66. The molecule has 0 heterocycles. The summed E-state index contributed by atoms with van der Waals surface area (Å²) in [4.78, 5) is 0.805. The molecule has 13 heavy (non-hydrogen) atoms. The molecule has 0 fully saturated rings. The fraction of sp³-hybridized carbons (Fsp3) is 0.455. The zero-order valence-corrected chi connectivity index (χ0v) is 9.17. The first-order valence-corrected chi connectivity index (χ1v) is 5.35. The normalized spacial score (nSPS) is 10.5. The largest absolute Gasteiger partial charge is 0.160 e. The van der Waals surface area contributed by atoms with Gasteiger partial charge in [0.25, 0.3) is 0 Å². The molecular weight excluding hydrogens is 183 g/mol. The molecule has 0 bridgehead atoms. The molecule has 0 unspecified atom stereocenters. The highest BCUT2D eigenvalue weighted by Gasteiger charge is 2.06. The molecule has 0 aliphatic heterocycles. The predicted molar refractivity (Wildman–Crippen MR) is 56.9 cm³/mol. The number of benzene rings is 1. The molecule has 0 aliphatic rings. The van der Waals surface area contributed by atoms with Crippen LogP contribution in [0.5, 0.6) is 0 Å². The monoisotopic (exact) mass is 198 g/mol. The number of hydrogen-bond acceptors (Lipinski definition) is 1. The maximum atomic E-state index is 12.6. The molecule has 0 saturated carbocycles. The van der Waals surface area contributed by atoms with E-state index in [1.165, 1.54) is 5.56 Å². The lowest BCUT2D eigenvalue weighted by Gasteiger charge is -2.09. The van der Waals surface area contributed by atoms with E-state index in [9.17, 15) is 3.89 Å². The summed E-state index contributed by atoms with van der Waals surface area (Å²) >= 11 is 0.366. The Bertz CT molecular complexity index is 294. The Hall–Kier alpha value is -0.500. The summed E-state index contributed by atoms with van der Waals surface area (Å²) in [6, 6.07) is 4.18. The van der Waals surface area contributed by atoms with E-state index < -0.39 is 0 Å².